The van der Waals surface area contributed by atoms with Gasteiger partial charge in [-0.1, -0.05) is 10.3 Å². The molecular weight excluding hydrogens is 2000 g/mol. The van der Waals surface area contributed by atoms with Crippen LogP contribution >= 0.6 is 127 Å². The molecule has 0 aliphatic rings. The molecule has 382 valence electrons. The van der Waals surface area contributed by atoms with E-state index in [1.54, 1.807) is 75.0 Å². The fourth-order valence-electron chi connectivity index (χ4n) is 6.48. The Morgan fingerprint density at radius 2 is 1.20 bits per heavy atom. The van der Waals surface area contributed by atoms with Gasteiger partial charge in [0.15, 0.2) is 26.8 Å². The van der Waals surface area contributed by atoms with Crippen molar-refractivity contribution in [2.45, 2.75) is 28.8 Å². The van der Waals surface area contributed by atoms with Crippen molar-refractivity contribution < 1.29 is 67.6 Å². The van der Waals surface area contributed by atoms with Crippen LogP contribution in [0.1, 0.15) is 16.8 Å². The molecule has 4 aromatic carbocycles. The molecule has 70 heavy (non-hydrogen) atoms. The first-order valence-electron chi connectivity index (χ1n) is 19.0. The van der Waals surface area contributed by atoms with Gasteiger partial charge in [0.1, 0.15) is 51.3 Å². The molecule has 17 nitrogen and oxygen atoms in total. The number of rotatable bonds is 15. The Balaban J connectivity index is 0.000000193. The molecule has 0 atom stereocenters. The average molecular weight is 2040 g/mol. The van der Waals surface area contributed by atoms with E-state index in [1.807, 2.05) is 6.07 Å². The molecule has 0 saturated heterocycles. The van der Waals surface area contributed by atoms with Crippen LogP contribution in [0.3, 0.4) is 0 Å². The zero-order valence-corrected chi connectivity index (χ0v) is 58.6. The third-order valence-electron chi connectivity index (χ3n) is 9.27. The van der Waals surface area contributed by atoms with Crippen LogP contribution in [0, 0.1) is 7.11 Å². The molecule has 0 aliphatic heterocycles. The third kappa shape index (κ3) is 15.9. The first-order valence-corrected chi connectivity index (χ1v) is 73.2. The van der Waals surface area contributed by atoms with Gasteiger partial charge in [-0.25, -0.2) is 16.8 Å². The smallest absolute Gasteiger partial charge is 0.213 e. The molecule has 8 rings (SSSR count). The van der Waals surface area contributed by atoms with Gasteiger partial charge in [0, 0.05) is 41.0 Å². The van der Waals surface area contributed by atoms with Crippen molar-refractivity contribution in [3.05, 3.63) is 109 Å². The molecule has 0 bridgehead atoms. The minimum absolute atomic E-state index is 0.00873. The number of ether oxygens (including phenoxy) is 6. The SMILES string of the molecule is COCc1cc(OC)c2c(CS(=O)(=O)c3ccc(OC)c4cccnc34)noc2c1.COc1ccc(S(=O)(=O)Cl)c2ncccc12.I[I-]I(I)I(I)I(I)I.[CH2+]OCc1cc(OC)c2c(N)noc2c1. The second-order valence-electron chi connectivity index (χ2n) is 13.4. The summed E-state index contributed by atoms with van der Waals surface area (Å²) in [7, 11) is 7.95. The summed E-state index contributed by atoms with van der Waals surface area (Å²) in [6, 6.07) is 20.2. The van der Waals surface area contributed by atoms with Crippen molar-refractivity contribution in [1.82, 2.24) is 20.3 Å². The number of benzene rings is 4. The topological polar surface area (TPSA) is 228 Å². The van der Waals surface area contributed by atoms with Crippen molar-refractivity contribution >= 4 is 196 Å². The van der Waals surface area contributed by atoms with E-state index in [-0.39, 0.29) is 44.9 Å². The summed E-state index contributed by atoms with van der Waals surface area (Å²) >= 11 is 14.6. The van der Waals surface area contributed by atoms with Crippen LogP contribution in [-0.4, -0.2) is 72.7 Å². The van der Waals surface area contributed by atoms with Crippen LogP contribution in [0.15, 0.2) is 104 Å². The summed E-state index contributed by atoms with van der Waals surface area (Å²) in [6.45, 7) is 0.747. The zero-order chi connectivity index (χ0) is 51.3. The van der Waals surface area contributed by atoms with E-state index in [1.165, 1.54) is 39.7 Å². The number of nitrogens with two attached hydrogens (primary N) is 1. The van der Waals surface area contributed by atoms with Crippen LogP contribution in [0.25, 0.3) is 43.7 Å². The number of hydrogen-bond donors (Lipinski definition) is 1. The second-order valence-corrected chi connectivity index (χ2v) is 180. The third-order valence-corrected chi connectivity index (χ3v) is 425. The Labute approximate surface area is 477 Å². The molecular formula is C41H39ClI9N5O12S2. The number of anilines is 1. The first-order chi connectivity index (χ1) is 33.4. The Kier molecular flexibility index (Phi) is 25.4. The van der Waals surface area contributed by atoms with Gasteiger partial charge in [-0.3, -0.25) is 9.97 Å². The molecule has 0 radical (unpaired) electrons. The molecule has 0 unspecified atom stereocenters. The minimum atomic E-state index is -3.80. The Morgan fingerprint density at radius 3 is 1.69 bits per heavy atom. The van der Waals surface area contributed by atoms with Crippen molar-refractivity contribution in [2.24, 2.45) is 0 Å². The van der Waals surface area contributed by atoms with E-state index in [0.29, 0.717) is 99.0 Å². The number of methoxy groups -OCH3 is 5. The fraction of sp³-hybridized carbons (Fsp3) is 0.195. The summed E-state index contributed by atoms with van der Waals surface area (Å²) < 4.78 is 90.7. The molecule has 29 heteroatoms. The number of pyridine rings is 2. The monoisotopic (exact) mass is 2030 g/mol. The second kappa shape index (κ2) is 29.1. The van der Waals surface area contributed by atoms with Crippen molar-refractivity contribution in [1.29, 1.82) is 0 Å². The van der Waals surface area contributed by atoms with Gasteiger partial charge in [0.2, 0.25) is 7.11 Å². The van der Waals surface area contributed by atoms with E-state index in [9.17, 15) is 16.8 Å². The van der Waals surface area contributed by atoms with Crippen LogP contribution in [-0.2, 0) is 47.3 Å². The quantitative estimate of drug-likeness (QED) is 0.0572. The van der Waals surface area contributed by atoms with Crippen LogP contribution in [0.4, 0.5) is 5.82 Å². The predicted molar refractivity (Wildman–Crippen MR) is 339 cm³/mol. The summed E-state index contributed by atoms with van der Waals surface area (Å²) in [5.41, 5.74) is 9.32. The summed E-state index contributed by atoms with van der Waals surface area (Å²) in [6.07, 6.45) is 3.06. The largest absolute Gasteiger partial charge is 0.496 e. The molecule has 0 amide bonds. The summed E-state index contributed by atoms with van der Waals surface area (Å²) in [4.78, 5) is 8.38. The fourth-order valence-corrected chi connectivity index (χ4v) is 638. The maximum absolute atomic E-state index is 13.3. The van der Waals surface area contributed by atoms with E-state index in [2.05, 4.69) is 120 Å². The Bertz CT molecular complexity index is 3290. The molecule has 0 spiro atoms. The van der Waals surface area contributed by atoms with Crippen LogP contribution < -0.4 is 37.9 Å². The van der Waals surface area contributed by atoms with Gasteiger partial charge >= 0.3 is 130 Å². The van der Waals surface area contributed by atoms with Gasteiger partial charge in [-0.05, 0) is 83.9 Å². The molecule has 0 saturated carbocycles. The number of sulfone groups is 1. The summed E-state index contributed by atoms with van der Waals surface area (Å²) in [5, 5.41) is 10.1. The van der Waals surface area contributed by atoms with Gasteiger partial charge in [-0.2, -0.15) is 4.74 Å². The molecule has 0 aliphatic carbocycles. The van der Waals surface area contributed by atoms with Crippen molar-refractivity contribution in [2.75, 3.05) is 41.3 Å². The van der Waals surface area contributed by atoms with Gasteiger partial charge in [0.05, 0.1) is 56.4 Å². The number of halogens is 10. The van der Waals surface area contributed by atoms with E-state index < -0.39 is 18.9 Å². The minimum Gasteiger partial charge on any atom is -0.496 e. The van der Waals surface area contributed by atoms with Crippen LogP contribution in [0.5, 0.6) is 23.0 Å². The maximum Gasteiger partial charge on any atom is 0.213 e. The zero-order valence-electron chi connectivity index (χ0n) is 36.8. The van der Waals surface area contributed by atoms with Gasteiger partial charge in [0.25, 0.3) is 9.05 Å². The molecule has 8 aromatic rings. The normalized spacial score (nSPS) is 12.0. The number of nitrogens with zero attached hydrogens (tertiary/aromatic N) is 4. The predicted octanol–water partition coefficient (Wildman–Crippen LogP) is 11.5. The van der Waals surface area contributed by atoms with E-state index >= 15 is 0 Å². The standard InChI is InChI=1S/C21H20N2O6S.C10H8ClNO3S.C10H11N2O3.I9/c1-26-11-13-9-17(28-3)20-15(23-29-18(20)10-13)12-30(24,25)19-7-6-16(27-2)14-5-4-8-22-21(14)19;1-15-8-4-5-9(16(11,13)14)10-7(8)3-2-6-12-10;1-13-5-6-3-7(14-2)9-8(4-6)15-12-10(9)11;1-6-8(4)9(5)7(2)3/h4-10H,11-12H2,1-3H3;2-6H,1H3;3-4H,1,5H2,2H3,(H2,11,12);/q;;+1;-1. The van der Waals surface area contributed by atoms with Crippen LogP contribution in [0.2, 0.25) is 0 Å². The van der Waals surface area contributed by atoms with E-state index in [0.717, 1.165) is 11.1 Å². The van der Waals surface area contributed by atoms with Gasteiger partial charge in [-0.15, -0.1) is 0 Å². The summed E-state index contributed by atoms with van der Waals surface area (Å²) in [5.74, 6) is 2.17. The first kappa shape index (κ1) is 61.0. The van der Waals surface area contributed by atoms with E-state index in [4.69, 9.17) is 53.9 Å². The Morgan fingerprint density at radius 1 is 0.700 bits per heavy atom. The molecule has 4 aromatic heterocycles. The maximum atomic E-state index is 13.3. The number of fused-ring (bicyclic) bond motifs is 4. The number of hydrogen-bond acceptors (Lipinski definition) is 17. The number of nitrogen functional groups attached to an aromatic ring is 1. The van der Waals surface area contributed by atoms with Crippen molar-refractivity contribution in [3.8, 4) is 23.0 Å². The molecule has 2 N–H and O–H groups in total. The molecule has 0 fully saturated rings. The Hall–Kier alpha value is 0.190. The number of aromatic nitrogens is 4. The van der Waals surface area contributed by atoms with Gasteiger partial charge < -0.3 is 38.5 Å². The van der Waals surface area contributed by atoms with Crippen molar-refractivity contribution in [3.63, 3.8) is 0 Å². The average Bonchev–Trinajstić information content (AvgIpc) is 3.94. The molecule has 4 heterocycles.